The van der Waals surface area contributed by atoms with Crippen LogP contribution in [0.1, 0.15) is 84.6 Å². The van der Waals surface area contributed by atoms with Crippen molar-refractivity contribution in [3.63, 3.8) is 0 Å². The normalized spacial score (nSPS) is 12.8. The van der Waals surface area contributed by atoms with E-state index in [9.17, 15) is 0 Å². The summed E-state index contributed by atoms with van der Waals surface area (Å²) in [6.07, 6.45) is 0. The monoisotopic (exact) mass is 504 g/mol. The quantitative estimate of drug-likeness (QED) is 0.313. The molecule has 0 aliphatic heterocycles. The van der Waals surface area contributed by atoms with Gasteiger partial charge in [0.25, 0.3) is 0 Å². The first kappa shape index (κ1) is 27.9. The Hall–Kier alpha value is -2.72. The Kier molecular flexibility index (Phi) is 8.00. The zero-order valence-electron chi connectivity index (χ0n) is 24.1. The highest BCUT2D eigenvalue weighted by Gasteiger charge is 2.20. The van der Waals surface area contributed by atoms with Crippen LogP contribution in [-0.2, 0) is 16.2 Å². The highest BCUT2D eigenvalue weighted by Crippen LogP contribution is 2.38. The molecule has 194 valence electrons. The van der Waals surface area contributed by atoms with Crippen molar-refractivity contribution in [3.8, 4) is 28.7 Å². The van der Waals surface area contributed by atoms with Gasteiger partial charge < -0.3 is 13.9 Å². The molecule has 0 atom stereocenters. The van der Waals surface area contributed by atoms with Crippen molar-refractivity contribution in [3.05, 3.63) is 76.9 Å². The van der Waals surface area contributed by atoms with Gasteiger partial charge in [0, 0.05) is 12.1 Å². The summed E-state index contributed by atoms with van der Waals surface area (Å²) in [5.41, 5.74) is 4.77. The van der Waals surface area contributed by atoms with Crippen LogP contribution in [0.5, 0.6) is 28.7 Å². The Labute approximate surface area is 221 Å². The van der Waals surface area contributed by atoms with Crippen molar-refractivity contribution in [2.45, 2.75) is 92.0 Å². The molecule has 0 aromatic heterocycles. The smallest absolute Gasteiger partial charge is 0.216 e. The van der Waals surface area contributed by atoms with Gasteiger partial charge in [0.15, 0.2) is 0 Å². The van der Waals surface area contributed by atoms with E-state index < -0.39 is 9.76 Å². The van der Waals surface area contributed by atoms with Gasteiger partial charge >= 0.3 is 0 Å². The maximum atomic E-state index is 6.47. The molecule has 0 aliphatic rings. The Morgan fingerprint density at radius 2 is 0.806 bits per heavy atom. The minimum atomic E-state index is -0.588. The molecule has 0 N–H and O–H groups in total. The highest BCUT2D eigenvalue weighted by molar-refractivity contribution is 6.26. The minimum Gasteiger partial charge on any atom is -0.550 e. The Morgan fingerprint density at radius 3 is 1.19 bits per heavy atom. The van der Waals surface area contributed by atoms with E-state index in [1.54, 1.807) is 0 Å². The SMILES string of the molecule is C[SiH2]Oc1cc(Oc2cc(Oc3cc(C)cc(C(C)(C)C)c3)cc(C(C)(C)C)c2)cc(C(C)(C)C)c1. The number of benzene rings is 3. The number of rotatable bonds is 6. The Bertz CT molecular complexity index is 1210. The minimum absolute atomic E-state index is 0.00969. The number of aryl methyl sites for hydroxylation is 1. The van der Waals surface area contributed by atoms with Gasteiger partial charge in [-0.15, -0.1) is 0 Å². The van der Waals surface area contributed by atoms with Crippen molar-refractivity contribution in [1.29, 1.82) is 0 Å². The van der Waals surface area contributed by atoms with Gasteiger partial charge in [-0.3, -0.25) is 0 Å². The van der Waals surface area contributed by atoms with Crippen LogP contribution < -0.4 is 13.9 Å². The topological polar surface area (TPSA) is 27.7 Å². The molecule has 3 rings (SSSR count). The summed E-state index contributed by atoms with van der Waals surface area (Å²) in [6.45, 7) is 24.2. The lowest BCUT2D eigenvalue weighted by Gasteiger charge is -2.24. The van der Waals surface area contributed by atoms with E-state index in [1.165, 1.54) is 16.7 Å². The van der Waals surface area contributed by atoms with Crippen LogP contribution in [-0.4, -0.2) is 9.76 Å². The first-order chi connectivity index (χ1) is 16.5. The third kappa shape index (κ3) is 7.39. The summed E-state index contributed by atoms with van der Waals surface area (Å²) in [5.74, 6) is 4.03. The molecule has 0 unspecified atom stereocenters. The largest absolute Gasteiger partial charge is 0.550 e. The molecule has 3 aromatic carbocycles. The second-order valence-corrected chi connectivity index (χ2v) is 13.7. The van der Waals surface area contributed by atoms with E-state index in [1.807, 2.05) is 12.1 Å². The fraction of sp³-hybridized carbons (Fsp3) is 0.438. The fourth-order valence-electron chi connectivity index (χ4n) is 3.95. The number of hydrogen-bond acceptors (Lipinski definition) is 3. The van der Waals surface area contributed by atoms with Crippen molar-refractivity contribution in [2.75, 3.05) is 0 Å². The molecule has 0 bridgehead atoms. The van der Waals surface area contributed by atoms with Crippen molar-refractivity contribution < 1.29 is 13.9 Å². The molecule has 36 heavy (non-hydrogen) atoms. The Morgan fingerprint density at radius 1 is 0.472 bits per heavy atom. The molecule has 0 aliphatic carbocycles. The van der Waals surface area contributed by atoms with E-state index >= 15 is 0 Å². The van der Waals surface area contributed by atoms with E-state index in [0.29, 0.717) is 0 Å². The van der Waals surface area contributed by atoms with Gasteiger partial charge in [0.2, 0.25) is 9.76 Å². The average Bonchev–Trinajstić information content (AvgIpc) is 2.71. The summed E-state index contributed by atoms with van der Waals surface area (Å²) >= 11 is 0. The first-order valence-corrected chi connectivity index (χ1v) is 15.0. The van der Waals surface area contributed by atoms with Gasteiger partial charge in [-0.25, -0.2) is 0 Å². The van der Waals surface area contributed by atoms with Crippen LogP contribution in [0.3, 0.4) is 0 Å². The molecular weight excluding hydrogens is 460 g/mol. The number of hydrogen-bond donors (Lipinski definition) is 0. The fourth-order valence-corrected chi connectivity index (χ4v) is 4.45. The van der Waals surface area contributed by atoms with Gasteiger partial charge in [-0.05, 0) is 88.4 Å². The zero-order chi connectivity index (χ0) is 26.9. The second kappa shape index (κ2) is 10.3. The molecule has 0 heterocycles. The summed E-state index contributed by atoms with van der Waals surface area (Å²) in [4.78, 5) is 0. The molecule has 3 aromatic rings. The molecule has 0 amide bonds. The van der Waals surface area contributed by atoms with Gasteiger partial charge in [0.1, 0.15) is 28.7 Å². The van der Waals surface area contributed by atoms with Crippen molar-refractivity contribution in [1.82, 2.24) is 0 Å². The molecule has 0 fully saturated rings. The molecule has 0 saturated heterocycles. The van der Waals surface area contributed by atoms with Gasteiger partial charge in [0.05, 0.1) is 0 Å². The molecule has 0 spiro atoms. The standard InChI is InChI=1S/C32H44O3Si/c1-21-12-22(30(2,3)4)14-25(13-21)33-26-15-23(31(5,6)7)16-27(19-26)34-28-17-24(32(8,9)10)18-29(20-28)35-36-11/h12-20H,36H2,1-11H3. The summed E-state index contributed by atoms with van der Waals surface area (Å²) in [5, 5.41) is 0. The Balaban J connectivity index is 2.04. The van der Waals surface area contributed by atoms with E-state index in [2.05, 4.69) is 118 Å². The van der Waals surface area contributed by atoms with Crippen LogP contribution in [0, 0.1) is 6.92 Å². The third-order valence-corrected chi connectivity index (χ3v) is 6.81. The van der Waals surface area contributed by atoms with Crippen LogP contribution >= 0.6 is 0 Å². The highest BCUT2D eigenvalue weighted by atomic mass is 28.2. The third-order valence-electron chi connectivity index (χ3n) is 6.19. The summed E-state index contributed by atoms with van der Waals surface area (Å²) in [7, 11) is -0.588. The molecule has 0 radical (unpaired) electrons. The van der Waals surface area contributed by atoms with Gasteiger partial charge in [-0.1, -0.05) is 68.4 Å². The zero-order valence-corrected chi connectivity index (χ0v) is 25.5. The number of ether oxygens (including phenoxy) is 2. The predicted octanol–water partition coefficient (Wildman–Crippen LogP) is 8.98. The lowest BCUT2D eigenvalue weighted by Crippen LogP contribution is -2.12. The van der Waals surface area contributed by atoms with Crippen LogP contribution in [0.2, 0.25) is 6.55 Å². The maximum Gasteiger partial charge on any atom is 0.216 e. The molecule has 3 nitrogen and oxygen atoms in total. The molecule has 0 saturated carbocycles. The van der Waals surface area contributed by atoms with Crippen LogP contribution in [0.4, 0.5) is 0 Å². The van der Waals surface area contributed by atoms with Crippen LogP contribution in [0.15, 0.2) is 54.6 Å². The van der Waals surface area contributed by atoms with E-state index in [4.69, 9.17) is 13.9 Å². The first-order valence-electron chi connectivity index (χ1n) is 13.0. The molecular formula is C32H44O3Si. The van der Waals surface area contributed by atoms with E-state index in [-0.39, 0.29) is 16.2 Å². The maximum absolute atomic E-state index is 6.47. The van der Waals surface area contributed by atoms with Crippen LogP contribution in [0.25, 0.3) is 0 Å². The average molecular weight is 505 g/mol. The van der Waals surface area contributed by atoms with Crippen molar-refractivity contribution >= 4 is 9.76 Å². The lowest BCUT2D eigenvalue weighted by atomic mass is 9.86. The molecule has 4 heteroatoms. The lowest BCUT2D eigenvalue weighted by molar-refractivity contribution is 0.449. The van der Waals surface area contributed by atoms with E-state index in [0.717, 1.165) is 34.3 Å². The summed E-state index contributed by atoms with van der Waals surface area (Å²) < 4.78 is 18.9. The predicted molar refractivity (Wildman–Crippen MR) is 155 cm³/mol. The van der Waals surface area contributed by atoms with Crippen molar-refractivity contribution in [2.24, 2.45) is 0 Å². The summed E-state index contributed by atoms with van der Waals surface area (Å²) in [6, 6.07) is 18.9. The van der Waals surface area contributed by atoms with Gasteiger partial charge in [-0.2, -0.15) is 0 Å². The second-order valence-electron chi connectivity index (χ2n) is 12.8.